The highest BCUT2D eigenvalue weighted by molar-refractivity contribution is 7.98. The second-order valence-corrected chi connectivity index (χ2v) is 3.83. The van der Waals surface area contributed by atoms with Crippen LogP contribution < -0.4 is 0 Å². The highest BCUT2D eigenvalue weighted by Crippen LogP contribution is 2.08. The summed E-state index contributed by atoms with van der Waals surface area (Å²) in [7, 11) is 0. The van der Waals surface area contributed by atoms with Crippen LogP contribution in [0.5, 0.6) is 0 Å². The van der Waals surface area contributed by atoms with Crippen LogP contribution in [0.15, 0.2) is 4.52 Å². The molecule has 0 atom stereocenters. The van der Waals surface area contributed by atoms with E-state index < -0.39 is 0 Å². The first kappa shape index (κ1) is 9.86. The summed E-state index contributed by atoms with van der Waals surface area (Å²) in [6.45, 7) is 2.10. The fourth-order valence-electron chi connectivity index (χ4n) is 0.724. The number of thioether (sulfide) groups is 1. The van der Waals surface area contributed by atoms with Crippen LogP contribution in [0.25, 0.3) is 0 Å². The smallest absolute Gasteiger partial charge is 0.227 e. The monoisotopic (exact) mass is 206 g/mol. The van der Waals surface area contributed by atoms with Crippen LogP contribution in [0.4, 0.5) is 0 Å². The van der Waals surface area contributed by atoms with Crippen LogP contribution >= 0.6 is 23.4 Å². The Morgan fingerprint density at radius 3 is 3.08 bits per heavy atom. The van der Waals surface area contributed by atoms with Gasteiger partial charge in [0.15, 0.2) is 5.82 Å². The average molecular weight is 207 g/mol. The van der Waals surface area contributed by atoms with Crippen molar-refractivity contribution >= 4 is 23.4 Å². The molecule has 1 aromatic rings. The zero-order valence-electron chi connectivity index (χ0n) is 6.92. The standard InChI is InChI=1S/C7H11ClN2OS/c1-2-12-5-6-9-7(3-4-8)11-10-6/h2-5H2,1H3. The summed E-state index contributed by atoms with van der Waals surface area (Å²) in [5.74, 6) is 3.82. The van der Waals surface area contributed by atoms with Crippen molar-refractivity contribution in [1.82, 2.24) is 10.1 Å². The molecule has 1 rings (SSSR count). The van der Waals surface area contributed by atoms with Gasteiger partial charge in [-0.1, -0.05) is 12.1 Å². The molecule has 0 aliphatic heterocycles. The summed E-state index contributed by atoms with van der Waals surface area (Å²) in [4.78, 5) is 4.15. The maximum atomic E-state index is 5.52. The molecule has 1 heterocycles. The van der Waals surface area contributed by atoms with E-state index >= 15 is 0 Å². The molecule has 0 fully saturated rings. The van der Waals surface area contributed by atoms with E-state index in [1.165, 1.54) is 0 Å². The van der Waals surface area contributed by atoms with Crippen molar-refractivity contribution in [2.24, 2.45) is 0 Å². The molecule has 68 valence electrons. The van der Waals surface area contributed by atoms with Gasteiger partial charge < -0.3 is 4.52 Å². The van der Waals surface area contributed by atoms with Gasteiger partial charge in [0.1, 0.15) is 0 Å². The van der Waals surface area contributed by atoms with Crippen molar-refractivity contribution in [3.8, 4) is 0 Å². The van der Waals surface area contributed by atoms with E-state index in [1.54, 1.807) is 11.8 Å². The molecule has 0 radical (unpaired) electrons. The van der Waals surface area contributed by atoms with Crippen molar-refractivity contribution in [1.29, 1.82) is 0 Å². The lowest BCUT2D eigenvalue weighted by Gasteiger charge is -1.88. The van der Waals surface area contributed by atoms with Crippen LogP contribution in [0.2, 0.25) is 0 Å². The van der Waals surface area contributed by atoms with Crippen molar-refractivity contribution in [2.45, 2.75) is 19.1 Å². The van der Waals surface area contributed by atoms with Crippen molar-refractivity contribution in [2.75, 3.05) is 11.6 Å². The molecule has 0 N–H and O–H groups in total. The summed E-state index contributed by atoms with van der Waals surface area (Å²) < 4.78 is 4.94. The van der Waals surface area contributed by atoms with Crippen LogP contribution in [0.3, 0.4) is 0 Å². The maximum Gasteiger partial charge on any atom is 0.227 e. The quantitative estimate of drug-likeness (QED) is 0.692. The number of hydrogen-bond donors (Lipinski definition) is 0. The number of rotatable bonds is 5. The number of alkyl halides is 1. The van der Waals surface area contributed by atoms with Crippen LogP contribution in [-0.2, 0) is 12.2 Å². The lowest BCUT2D eigenvalue weighted by atomic mass is 10.5. The van der Waals surface area contributed by atoms with E-state index in [1.807, 2.05) is 0 Å². The molecule has 5 heteroatoms. The Hall–Kier alpha value is -0.220. The van der Waals surface area contributed by atoms with Crippen molar-refractivity contribution in [3.05, 3.63) is 11.7 Å². The Labute approximate surface area is 80.9 Å². The number of hydrogen-bond acceptors (Lipinski definition) is 4. The SMILES string of the molecule is CCSCc1noc(CCCl)n1. The topological polar surface area (TPSA) is 38.9 Å². The molecule has 0 aliphatic carbocycles. The lowest BCUT2D eigenvalue weighted by Crippen LogP contribution is -1.87. The number of aromatic nitrogens is 2. The molecule has 1 aromatic heterocycles. The Balaban J connectivity index is 2.41. The first-order chi connectivity index (χ1) is 5.86. The van der Waals surface area contributed by atoms with Gasteiger partial charge >= 0.3 is 0 Å². The molecule has 0 unspecified atom stereocenters. The average Bonchev–Trinajstić information content (AvgIpc) is 2.50. The summed E-state index contributed by atoms with van der Waals surface area (Å²) in [6, 6.07) is 0. The van der Waals surface area contributed by atoms with E-state index in [9.17, 15) is 0 Å². The Morgan fingerprint density at radius 2 is 2.42 bits per heavy atom. The van der Waals surface area contributed by atoms with Gasteiger partial charge in [0.05, 0.1) is 5.75 Å². The fraction of sp³-hybridized carbons (Fsp3) is 0.714. The van der Waals surface area contributed by atoms with Gasteiger partial charge in [-0.25, -0.2) is 0 Å². The summed E-state index contributed by atoms with van der Waals surface area (Å²) >= 11 is 7.29. The highest BCUT2D eigenvalue weighted by atomic mass is 35.5. The molecule has 0 spiro atoms. The molecule has 0 saturated carbocycles. The van der Waals surface area contributed by atoms with E-state index in [0.717, 1.165) is 17.3 Å². The third-order valence-corrected chi connectivity index (χ3v) is 2.31. The van der Waals surface area contributed by atoms with Gasteiger partial charge in [0.2, 0.25) is 5.89 Å². The molecule has 0 aliphatic rings. The van der Waals surface area contributed by atoms with Gasteiger partial charge in [0, 0.05) is 12.3 Å². The fourth-order valence-corrected chi connectivity index (χ4v) is 1.39. The molecular weight excluding hydrogens is 196 g/mol. The summed E-state index contributed by atoms with van der Waals surface area (Å²) in [6.07, 6.45) is 0.658. The molecule has 12 heavy (non-hydrogen) atoms. The van der Waals surface area contributed by atoms with Crippen LogP contribution in [0.1, 0.15) is 18.6 Å². The van der Waals surface area contributed by atoms with E-state index in [0.29, 0.717) is 18.2 Å². The molecule has 3 nitrogen and oxygen atoms in total. The highest BCUT2D eigenvalue weighted by Gasteiger charge is 2.04. The predicted octanol–water partition coefficient (Wildman–Crippen LogP) is 2.10. The van der Waals surface area contributed by atoms with Gasteiger partial charge in [-0.05, 0) is 5.75 Å². The third-order valence-electron chi connectivity index (χ3n) is 1.25. The van der Waals surface area contributed by atoms with E-state index in [4.69, 9.17) is 16.1 Å². The maximum absolute atomic E-state index is 5.52. The number of aryl methyl sites for hydroxylation is 1. The summed E-state index contributed by atoms with van der Waals surface area (Å²) in [5.41, 5.74) is 0. The summed E-state index contributed by atoms with van der Waals surface area (Å²) in [5, 5.41) is 3.81. The Morgan fingerprint density at radius 1 is 1.58 bits per heavy atom. The zero-order chi connectivity index (χ0) is 8.81. The Kier molecular flexibility index (Phi) is 4.46. The molecule has 0 saturated heterocycles. The van der Waals surface area contributed by atoms with Crippen molar-refractivity contribution < 1.29 is 4.52 Å². The first-order valence-corrected chi connectivity index (χ1v) is 5.51. The van der Waals surface area contributed by atoms with E-state index in [-0.39, 0.29) is 0 Å². The lowest BCUT2D eigenvalue weighted by molar-refractivity contribution is 0.378. The predicted molar refractivity (Wildman–Crippen MR) is 50.6 cm³/mol. The first-order valence-electron chi connectivity index (χ1n) is 3.82. The molecular formula is C7H11ClN2OS. The zero-order valence-corrected chi connectivity index (χ0v) is 8.49. The van der Waals surface area contributed by atoms with Gasteiger partial charge in [-0.3, -0.25) is 0 Å². The van der Waals surface area contributed by atoms with Crippen molar-refractivity contribution in [3.63, 3.8) is 0 Å². The molecule has 0 amide bonds. The van der Waals surface area contributed by atoms with Gasteiger partial charge in [0.25, 0.3) is 0 Å². The minimum Gasteiger partial charge on any atom is -0.339 e. The third kappa shape index (κ3) is 3.03. The Bertz CT molecular complexity index is 229. The number of halogens is 1. The second kappa shape index (κ2) is 5.43. The minimum absolute atomic E-state index is 0.530. The molecule has 0 aromatic carbocycles. The van der Waals surface area contributed by atoms with Gasteiger partial charge in [-0.2, -0.15) is 16.7 Å². The minimum atomic E-state index is 0.530. The van der Waals surface area contributed by atoms with Crippen LogP contribution in [-0.4, -0.2) is 21.8 Å². The van der Waals surface area contributed by atoms with Crippen LogP contribution in [0, 0.1) is 0 Å². The van der Waals surface area contributed by atoms with E-state index in [2.05, 4.69) is 17.1 Å². The normalized spacial score (nSPS) is 10.5. The number of nitrogens with zero attached hydrogens (tertiary/aromatic N) is 2. The largest absolute Gasteiger partial charge is 0.339 e. The van der Waals surface area contributed by atoms with Gasteiger partial charge in [-0.15, -0.1) is 11.6 Å². The second-order valence-electron chi connectivity index (χ2n) is 2.18. The molecule has 0 bridgehead atoms.